The summed E-state index contributed by atoms with van der Waals surface area (Å²) in [5.41, 5.74) is 1.94. The first-order valence-electron chi connectivity index (χ1n) is 8.89. The number of likely N-dealkylation sites (tertiary alicyclic amines) is 1. The third-order valence-corrected chi connectivity index (χ3v) is 4.44. The first-order valence-corrected chi connectivity index (χ1v) is 8.89. The summed E-state index contributed by atoms with van der Waals surface area (Å²) in [4.78, 5) is 28.8. The summed E-state index contributed by atoms with van der Waals surface area (Å²) < 4.78 is 4.83. The molecule has 1 aromatic carbocycles. The van der Waals surface area contributed by atoms with E-state index < -0.39 is 4.92 Å². The first-order chi connectivity index (χ1) is 12.9. The molecule has 1 aliphatic rings. The SMILES string of the molecule is C=C(C)CNC(=NCc1ccc([N+](=O)[O-])cc1)N1CCC(C(=O)OC)CC1. The molecular weight excluding hydrogens is 348 g/mol. The van der Waals surface area contributed by atoms with Gasteiger partial charge in [-0.25, -0.2) is 4.99 Å². The van der Waals surface area contributed by atoms with Crippen molar-refractivity contribution in [3.05, 3.63) is 52.1 Å². The number of non-ortho nitro benzene ring substituents is 1. The maximum absolute atomic E-state index is 11.7. The molecule has 1 fully saturated rings. The summed E-state index contributed by atoms with van der Waals surface area (Å²) in [7, 11) is 1.42. The van der Waals surface area contributed by atoms with Crippen LogP contribution in [0.25, 0.3) is 0 Å². The normalized spacial score (nSPS) is 15.3. The fraction of sp³-hybridized carbons (Fsp3) is 0.474. The number of rotatable bonds is 6. The van der Waals surface area contributed by atoms with Crippen molar-refractivity contribution in [1.29, 1.82) is 0 Å². The lowest BCUT2D eigenvalue weighted by Gasteiger charge is -2.33. The molecule has 0 bridgehead atoms. The summed E-state index contributed by atoms with van der Waals surface area (Å²) >= 11 is 0. The average molecular weight is 374 g/mol. The van der Waals surface area contributed by atoms with Gasteiger partial charge in [0.15, 0.2) is 5.96 Å². The molecule has 8 nitrogen and oxygen atoms in total. The summed E-state index contributed by atoms with van der Waals surface area (Å²) in [6.07, 6.45) is 1.44. The summed E-state index contributed by atoms with van der Waals surface area (Å²) in [6, 6.07) is 6.38. The second kappa shape index (κ2) is 9.70. The molecule has 1 aliphatic heterocycles. The highest BCUT2D eigenvalue weighted by Gasteiger charge is 2.27. The van der Waals surface area contributed by atoms with E-state index in [1.807, 2.05) is 6.92 Å². The van der Waals surface area contributed by atoms with Gasteiger partial charge in [-0.2, -0.15) is 0 Å². The van der Waals surface area contributed by atoms with Gasteiger partial charge in [-0.3, -0.25) is 14.9 Å². The Labute approximate surface area is 159 Å². The van der Waals surface area contributed by atoms with Crippen molar-refractivity contribution in [2.24, 2.45) is 10.9 Å². The number of esters is 1. The number of aliphatic imine (C=N–C) groups is 1. The molecule has 1 heterocycles. The number of methoxy groups -OCH3 is 1. The molecule has 0 unspecified atom stereocenters. The zero-order chi connectivity index (χ0) is 19.8. The quantitative estimate of drug-likeness (QED) is 0.205. The molecule has 146 valence electrons. The van der Waals surface area contributed by atoms with Crippen molar-refractivity contribution in [2.75, 3.05) is 26.7 Å². The van der Waals surface area contributed by atoms with E-state index in [0.29, 0.717) is 26.2 Å². The first kappa shape index (κ1) is 20.4. The highest BCUT2D eigenvalue weighted by Crippen LogP contribution is 2.19. The highest BCUT2D eigenvalue weighted by atomic mass is 16.6. The number of nitrogens with one attached hydrogen (secondary N) is 1. The molecule has 2 rings (SSSR count). The molecule has 1 saturated heterocycles. The Morgan fingerprint density at radius 3 is 2.52 bits per heavy atom. The van der Waals surface area contributed by atoms with Gasteiger partial charge >= 0.3 is 5.97 Å². The number of nitro benzene ring substituents is 1. The van der Waals surface area contributed by atoms with Gasteiger partial charge in [0.1, 0.15) is 0 Å². The topological polar surface area (TPSA) is 97.1 Å². The largest absolute Gasteiger partial charge is 0.469 e. The molecule has 0 atom stereocenters. The lowest BCUT2D eigenvalue weighted by Crippen LogP contribution is -2.47. The average Bonchev–Trinajstić information content (AvgIpc) is 2.67. The second-order valence-electron chi connectivity index (χ2n) is 6.66. The summed E-state index contributed by atoms with van der Waals surface area (Å²) in [5.74, 6) is 0.525. The van der Waals surface area contributed by atoms with E-state index in [-0.39, 0.29) is 17.6 Å². The minimum Gasteiger partial charge on any atom is -0.469 e. The molecule has 0 aliphatic carbocycles. The maximum Gasteiger partial charge on any atom is 0.308 e. The van der Waals surface area contributed by atoms with Crippen LogP contribution in [0.15, 0.2) is 41.4 Å². The van der Waals surface area contributed by atoms with Crippen LogP contribution in [-0.2, 0) is 16.1 Å². The van der Waals surface area contributed by atoms with E-state index >= 15 is 0 Å². The van der Waals surface area contributed by atoms with Crippen LogP contribution in [0, 0.1) is 16.0 Å². The second-order valence-corrected chi connectivity index (χ2v) is 6.66. The number of nitro groups is 1. The number of piperidine rings is 1. The van der Waals surface area contributed by atoms with Crippen LogP contribution in [0.4, 0.5) is 5.69 Å². The van der Waals surface area contributed by atoms with Crippen molar-refractivity contribution in [3.8, 4) is 0 Å². The zero-order valence-corrected chi connectivity index (χ0v) is 15.8. The smallest absolute Gasteiger partial charge is 0.308 e. The molecule has 1 aromatic rings. The monoisotopic (exact) mass is 374 g/mol. The number of benzene rings is 1. The van der Waals surface area contributed by atoms with Gasteiger partial charge in [0.25, 0.3) is 5.69 Å². The van der Waals surface area contributed by atoms with Gasteiger partial charge in [-0.05, 0) is 25.3 Å². The van der Waals surface area contributed by atoms with Crippen LogP contribution in [0.5, 0.6) is 0 Å². The molecule has 0 spiro atoms. The van der Waals surface area contributed by atoms with Gasteiger partial charge in [0, 0.05) is 31.8 Å². The Kier molecular flexibility index (Phi) is 7.34. The standard InChI is InChI=1S/C19H26N4O4/c1-14(2)12-20-19(22-10-8-16(9-11-22)18(24)27-3)21-13-15-4-6-17(7-5-15)23(25)26/h4-7,16H,1,8-13H2,2-3H3,(H,20,21). The van der Waals surface area contributed by atoms with Crippen molar-refractivity contribution in [2.45, 2.75) is 26.3 Å². The molecular formula is C19H26N4O4. The van der Waals surface area contributed by atoms with Gasteiger partial charge in [-0.15, -0.1) is 0 Å². The predicted octanol–water partition coefficient (Wildman–Crippen LogP) is 2.50. The van der Waals surface area contributed by atoms with Crippen LogP contribution in [0.2, 0.25) is 0 Å². The van der Waals surface area contributed by atoms with Crippen molar-refractivity contribution >= 4 is 17.6 Å². The van der Waals surface area contributed by atoms with Crippen molar-refractivity contribution < 1.29 is 14.5 Å². The fourth-order valence-corrected chi connectivity index (χ4v) is 2.88. The number of guanidine groups is 1. The Hall–Kier alpha value is -2.90. The molecule has 0 radical (unpaired) electrons. The molecule has 1 N–H and O–H groups in total. The van der Waals surface area contributed by atoms with Crippen LogP contribution in [0.3, 0.4) is 0 Å². The van der Waals surface area contributed by atoms with Crippen molar-refractivity contribution in [1.82, 2.24) is 10.2 Å². The molecule has 8 heteroatoms. The fourth-order valence-electron chi connectivity index (χ4n) is 2.88. The van der Waals surface area contributed by atoms with E-state index in [0.717, 1.165) is 29.9 Å². The maximum atomic E-state index is 11.7. The summed E-state index contributed by atoms with van der Waals surface area (Å²) in [5, 5.41) is 14.0. The van der Waals surface area contributed by atoms with Crippen LogP contribution >= 0.6 is 0 Å². The van der Waals surface area contributed by atoms with Gasteiger partial charge < -0.3 is 15.0 Å². The Balaban J connectivity index is 2.04. The molecule has 0 amide bonds. The zero-order valence-electron chi connectivity index (χ0n) is 15.8. The van der Waals surface area contributed by atoms with E-state index in [9.17, 15) is 14.9 Å². The lowest BCUT2D eigenvalue weighted by molar-refractivity contribution is -0.384. The highest BCUT2D eigenvalue weighted by molar-refractivity contribution is 5.81. The third kappa shape index (κ3) is 6.09. The minimum absolute atomic E-state index is 0.0632. The number of nitrogens with zero attached hydrogens (tertiary/aromatic N) is 3. The predicted molar refractivity (Wildman–Crippen MR) is 103 cm³/mol. The number of hydrogen-bond donors (Lipinski definition) is 1. The number of carbonyl (C=O) groups excluding carboxylic acids is 1. The van der Waals surface area contributed by atoms with E-state index in [1.165, 1.54) is 19.2 Å². The number of ether oxygens (including phenoxy) is 1. The van der Waals surface area contributed by atoms with Gasteiger partial charge in [-0.1, -0.05) is 24.3 Å². The third-order valence-electron chi connectivity index (χ3n) is 4.44. The van der Waals surface area contributed by atoms with Crippen LogP contribution < -0.4 is 5.32 Å². The van der Waals surface area contributed by atoms with Crippen LogP contribution in [-0.4, -0.2) is 48.5 Å². The minimum atomic E-state index is -0.418. The number of hydrogen-bond acceptors (Lipinski definition) is 5. The Morgan fingerprint density at radius 1 is 1.37 bits per heavy atom. The number of carbonyl (C=O) groups is 1. The van der Waals surface area contributed by atoms with Gasteiger partial charge in [0.2, 0.25) is 0 Å². The molecule has 0 saturated carbocycles. The van der Waals surface area contributed by atoms with Crippen LogP contribution in [0.1, 0.15) is 25.3 Å². The molecule has 0 aromatic heterocycles. The Morgan fingerprint density at radius 2 is 2.00 bits per heavy atom. The van der Waals surface area contributed by atoms with E-state index in [4.69, 9.17) is 4.74 Å². The summed E-state index contributed by atoms with van der Waals surface area (Å²) in [6.45, 7) is 8.28. The molecule has 27 heavy (non-hydrogen) atoms. The van der Waals surface area contributed by atoms with Gasteiger partial charge in [0.05, 0.1) is 24.5 Å². The lowest BCUT2D eigenvalue weighted by atomic mass is 9.97. The van der Waals surface area contributed by atoms with E-state index in [1.54, 1.807) is 12.1 Å². The van der Waals surface area contributed by atoms with E-state index in [2.05, 4.69) is 21.8 Å². The van der Waals surface area contributed by atoms with Crippen molar-refractivity contribution in [3.63, 3.8) is 0 Å². The Bertz CT molecular complexity index is 707.